The monoisotopic (exact) mass is 572 g/mol. The molecule has 38 heavy (non-hydrogen) atoms. The molecule has 3 amide bonds. The van der Waals surface area contributed by atoms with E-state index in [1.165, 1.54) is 12.1 Å². The smallest absolute Gasteiger partial charge is 0.370 e. The second kappa shape index (κ2) is 12.0. The van der Waals surface area contributed by atoms with Crippen LogP contribution in [0.4, 0.5) is 24.5 Å². The Morgan fingerprint density at radius 2 is 2.03 bits per heavy atom. The summed E-state index contributed by atoms with van der Waals surface area (Å²) in [5.41, 5.74) is -1.39. The van der Waals surface area contributed by atoms with Crippen LogP contribution in [0.3, 0.4) is 0 Å². The average molecular weight is 573 g/mol. The highest BCUT2D eigenvalue weighted by Gasteiger charge is 2.37. The predicted molar refractivity (Wildman–Crippen MR) is 139 cm³/mol. The van der Waals surface area contributed by atoms with Gasteiger partial charge in [0, 0.05) is 25.3 Å². The van der Waals surface area contributed by atoms with Crippen LogP contribution in [0.15, 0.2) is 30.3 Å². The lowest BCUT2D eigenvalue weighted by Gasteiger charge is -2.34. The fourth-order valence-electron chi connectivity index (χ4n) is 4.45. The third-order valence-electron chi connectivity index (χ3n) is 6.70. The molecule has 0 bridgehead atoms. The Hall–Kier alpha value is -2.67. The predicted octanol–water partition coefficient (Wildman–Crippen LogP) is 4.25. The van der Waals surface area contributed by atoms with Gasteiger partial charge in [-0.05, 0) is 56.1 Å². The summed E-state index contributed by atoms with van der Waals surface area (Å²) < 4.78 is 47.3. The molecule has 1 atom stereocenters. The van der Waals surface area contributed by atoms with Crippen molar-refractivity contribution < 1.29 is 32.3 Å². The summed E-state index contributed by atoms with van der Waals surface area (Å²) in [5.74, 6) is -1.10. The van der Waals surface area contributed by atoms with E-state index in [-0.39, 0.29) is 37.7 Å². The lowest BCUT2D eigenvalue weighted by atomic mass is 9.85. The van der Waals surface area contributed by atoms with Crippen molar-refractivity contribution >= 4 is 52.0 Å². The van der Waals surface area contributed by atoms with E-state index in [0.717, 1.165) is 41.6 Å². The van der Waals surface area contributed by atoms with Gasteiger partial charge in [0.25, 0.3) is 11.8 Å². The average Bonchev–Trinajstić information content (AvgIpc) is 3.28. The molecule has 1 aromatic heterocycles. The summed E-state index contributed by atoms with van der Waals surface area (Å²) in [4.78, 5) is 41.3. The van der Waals surface area contributed by atoms with Crippen molar-refractivity contribution in [2.24, 2.45) is 5.92 Å². The number of benzene rings is 1. The minimum atomic E-state index is -4.76. The summed E-state index contributed by atoms with van der Waals surface area (Å²) in [6.45, 7) is 0.394. The molecule has 8 nitrogen and oxygen atoms in total. The lowest BCUT2D eigenvalue weighted by molar-refractivity contribution is -0.137. The summed E-state index contributed by atoms with van der Waals surface area (Å²) in [6.07, 6.45) is -1.57. The van der Waals surface area contributed by atoms with Crippen molar-refractivity contribution in [1.29, 1.82) is 0 Å². The number of hydrogen-bond acceptors (Lipinski definition) is 6. The maximum absolute atomic E-state index is 13.9. The number of alkyl halides is 3. The van der Waals surface area contributed by atoms with Gasteiger partial charge in [-0.2, -0.15) is 13.2 Å². The van der Waals surface area contributed by atoms with Crippen LogP contribution in [-0.4, -0.2) is 68.6 Å². The van der Waals surface area contributed by atoms with Crippen molar-refractivity contribution in [3.8, 4) is 0 Å². The number of anilines is 2. The standard InChI is InChI=1S/C25H28ClF3N4O4S/c1-32(13-15-3-2-4-15)19(12-30-24(36)20-7-8-21(26)38-20)23(35)31-16-5-6-18(17(11-16)25(27,28)29)33-9-10-37-14-22(33)34/h5-8,11,15,19H,2-4,9-10,12-14H2,1H3,(H,30,36)(H,31,35)/t19-/m0/s1. The number of ether oxygens (including phenoxy) is 1. The van der Waals surface area contributed by atoms with Gasteiger partial charge in [-0.25, -0.2) is 0 Å². The molecule has 2 aromatic rings. The van der Waals surface area contributed by atoms with Crippen molar-refractivity contribution in [1.82, 2.24) is 10.2 Å². The molecule has 2 fully saturated rings. The normalized spacial score (nSPS) is 17.3. The Kier molecular flexibility index (Phi) is 8.96. The third kappa shape index (κ3) is 6.85. The molecule has 206 valence electrons. The van der Waals surface area contributed by atoms with E-state index in [1.807, 2.05) is 4.90 Å². The van der Waals surface area contributed by atoms with Gasteiger partial charge in [-0.3, -0.25) is 19.3 Å². The first-order chi connectivity index (χ1) is 18.0. The van der Waals surface area contributed by atoms with Gasteiger partial charge in [-0.15, -0.1) is 11.3 Å². The van der Waals surface area contributed by atoms with Gasteiger partial charge in [0.2, 0.25) is 5.91 Å². The van der Waals surface area contributed by atoms with Crippen LogP contribution in [-0.2, 0) is 20.5 Å². The van der Waals surface area contributed by atoms with Gasteiger partial charge in [0.1, 0.15) is 12.6 Å². The molecule has 13 heteroatoms. The summed E-state index contributed by atoms with van der Waals surface area (Å²) in [6, 6.07) is 5.68. The highest BCUT2D eigenvalue weighted by atomic mass is 35.5. The van der Waals surface area contributed by atoms with Gasteiger partial charge < -0.3 is 20.3 Å². The number of halogens is 4. The third-order valence-corrected chi connectivity index (χ3v) is 7.93. The zero-order valence-corrected chi connectivity index (χ0v) is 22.2. The highest BCUT2D eigenvalue weighted by molar-refractivity contribution is 7.18. The number of likely N-dealkylation sites (N-methyl/N-ethyl adjacent to an activating group) is 1. The molecule has 0 unspecified atom stereocenters. The first-order valence-corrected chi connectivity index (χ1v) is 13.4. The van der Waals surface area contributed by atoms with Crippen molar-refractivity contribution in [2.45, 2.75) is 31.5 Å². The van der Waals surface area contributed by atoms with Crippen LogP contribution in [0, 0.1) is 5.92 Å². The highest BCUT2D eigenvalue weighted by Crippen LogP contribution is 2.39. The molecule has 2 aliphatic rings. The fourth-order valence-corrected chi connectivity index (χ4v) is 5.41. The number of morpholine rings is 1. The number of nitrogens with zero attached hydrogens (tertiary/aromatic N) is 2. The Labute approximate surface area is 227 Å². The molecule has 0 radical (unpaired) electrons. The molecular weight excluding hydrogens is 545 g/mol. The minimum absolute atomic E-state index is 0.00317. The van der Waals surface area contributed by atoms with Crippen molar-refractivity contribution in [3.63, 3.8) is 0 Å². The Bertz CT molecular complexity index is 1190. The number of hydrogen-bond donors (Lipinski definition) is 2. The maximum atomic E-state index is 13.9. The molecule has 1 aromatic carbocycles. The quantitative estimate of drug-likeness (QED) is 0.469. The minimum Gasteiger partial charge on any atom is -0.370 e. The van der Waals surface area contributed by atoms with Crippen LogP contribution in [0.2, 0.25) is 4.34 Å². The molecule has 2 heterocycles. The van der Waals surface area contributed by atoms with Crippen molar-refractivity contribution in [2.75, 3.05) is 50.1 Å². The van der Waals surface area contributed by atoms with E-state index >= 15 is 0 Å². The fraction of sp³-hybridized carbons (Fsp3) is 0.480. The molecule has 1 saturated carbocycles. The van der Waals surface area contributed by atoms with Crippen LogP contribution in [0.25, 0.3) is 0 Å². The Morgan fingerprint density at radius 3 is 2.63 bits per heavy atom. The number of carbonyl (C=O) groups excluding carboxylic acids is 3. The molecule has 0 spiro atoms. The molecule has 1 saturated heterocycles. The van der Waals surface area contributed by atoms with Gasteiger partial charge >= 0.3 is 6.18 Å². The molecular formula is C25H28ClF3N4O4S. The van der Waals surface area contributed by atoms with Gasteiger partial charge in [-0.1, -0.05) is 18.0 Å². The van der Waals surface area contributed by atoms with E-state index in [2.05, 4.69) is 10.6 Å². The van der Waals surface area contributed by atoms with E-state index in [0.29, 0.717) is 21.7 Å². The first-order valence-electron chi connectivity index (χ1n) is 12.2. The largest absolute Gasteiger partial charge is 0.418 e. The Morgan fingerprint density at radius 1 is 1.26 bits per heavy atom. The molecule has 2 N–H and O–H groups in total. The molecule has 1 aliphatic carbocycles. The van der Waals surface area contributed by atoms with E-state index in [1.54, 1.807) is 19.2 Å². The summed E-state index contributed by atoms with van der Waals surface area (Å²) in [7, 11) is 1.75. The van der Waals surface area contributed by atoms with Crippen LogP contribution < -0.4 is 15.5 Å². The van der Waals surface area contributed by atoms with E-state index in [9.17, 15) is 27.6 Å². The van der Waals surface area contributed by atoms with Crippen LogP contribution in [0.1, 0.15) is 34.5 Å². The first kappa shape index (κ1) is 28.3. The maximum Gasteiger partial charge on any atom is 0.418 e. The number of nitrogens with one attached hydrogen (secondary N) is 2. The SMILES string of the molecule is CN(CC1CCC1)[C@@H](CNC(=O)c1ccc(Cl)s1)C(=O)Nc1ccc(N2CCOCC2=O)c(C(F)(F)F)c1. The number of amides is 3. The lowest BCUT2D eigenvalue weighted by Crippen LogP contribution is -2.51. The van der Waals surface area contributed by atoms with E-state index < -0.39 is 35.5 Å². The molecule has 1 aliphatic heterocycles. The second-order valence-electron chi connectivity index (χ2n) is 9.38. The van der Waals surface area contributed by atoms with E-state index in [4.69, 9.17) is 16.3 Å². The van der Waals surface area contributed by atoms with Gasteiger partial charge in [0.15, 0.2) is 0 Å². The zero-order valence-electron chi connectivity index (χ0n) is 20.6. The summed E-state index contributed by atoms with van der Waals surface area (Å²) >= 11 is 7.01. The Balaban J connectivity index is 1.52. The van der Waals surface area contributed by atoms with Crippen molar-refractivity contribution in [3.05, 3.63) is 45.1 Å². The zero-order chi connectivity index (χ0) is 27.4. The van der Waals surface area contributed by atoms with Crippen LogP contribution in [0.5, 0.6) is 0 Å². The number of rotatable bonds is 9. The number of thiophene rings is 1. The second-order valence-corrected chi connectivity index (χ2v) is 11.1. The topological polar surface area (TPSA) is 91.0 Å². The number of carbonyl (C=O) groups is 3. The molecule has 4 rings (SSSR count). The van der Waals surface area contributed by atoms with Crippen LogP contribution >= 0.6 is 22.9 Å². The summed E-state index contributed by atoms with van der Waals surface area (Å²) in [5, 5.41) is 5.31. The van der Waals surface area contributed by atoms with Gasteiger partial charge in [0.05, 0.1) is 27.1 Å².